The van der Waals surface area contributed by atoms with E-state index in [9.17, 15) is 0 Å². The van der Waals surface area contributed by atoms with Crippen LogP contribution in [0.25, 0.3) is 0 Å². The number of nitrogens with one attached hydrogen (secondary N) is 1. The molecule has 1 saturated carbocycles. The van der Waals surface area contributed by atoms with Crippen LogP contribution in [0.3, 0.4) is 0 Å². The summed E-state index contributed by atoms with van der Waals surface area (Å²) in [5, 5.41) is 5.58. The molecule has 0 unspecified atom stereocenters. The first kappa shape index (κ1) is 16.1. The number of likely N-dealkylation sites (tertiary alicyclic amines) is 1. The van der Waals surface area contributed by atoms with Gasteiger partial charge in [0, 0.05) is 24.5 Å². The lowest BCUT2D eigenvalue weighted by atomic mass is 9.68. The van der Waals surface area contributed by atoms with Crippen molar-refractivity contribution in [3.05, 3.63) is 22.4 Å². The van der Waals surface area contributed by atoms with Gasteiger partial charge in [-0.2, -0.15) is 0 Å². The zero-order valence-corrected chi connectivity index (χ0v) is 15.2. The van der Waals surface area contributed by atoms with Crippen molar-refractivity contribution in [2.24, 2.45) is 10.4 Å². The van der Waals surface area contributed by atoms with Gasteiger partial charge in [0.25, 0.3) is 0 Å². The highest BCUT2D eigenvalue weighted by molar-refractivity contribution is 14.0. The normalized spacial score (nSPS) is 20.6. The van der Waals surface area contributed by atoms with Crippen LogP contribution in [-0.4, -0.2) is 30.5 Å². The summed E-state index contributed by atoms with van der Waals surface area (Å²) in [5.41, 5.74) is 0.638. The van der Waals surface area contributed by atoms with Crippen molar-refractivity contribution in [3.63, 3.8) is 0 Å². The lowest BCUT2D eigenvalue weighted by Gasteiger charge is -2.38. The molecule has 1 N–H and O–H groups in total. The van der Waals surface area contributed by atoms with E-state index in [1.54, 1.807) is 11.3 Å². The molecule has 1 aliphatic heterocycles. The molecular weight excluding hydrogens is 381 g/mol. The van der Waals surface area contributed by atoms with Gasteiger partial charge in [0.2, 0.25) is 0 Å². The van der Waals surface area contributed by atoms with Crippen molar-refractivity contribution in [1.82, 2.24) is 10.2 Å². The largest absolute Gasteiger partial charge is 0.357 e. The third-order valence-corrected chi connectivity index (χ3v) is 5.31. The van der Waals surface area contributed by atoms with Crippen molar-refractivity contribution >= 4 is 41.3 Å². The van der Waals surface area contributed by atoms with Crippen LogP contribution >= 0.6 is 35.3 Å². The average molecular weight is 405 g/mol. The first-order valence-corrected chi connectivity index (χ1v) is 8.25. The van der Waals surface area contributed by atoms with E-state index in [2.05, 4.69) is 34.7 Å². The van der Waals surface area contributed by atoms with Crippen molar-refractivity contribution < 1.29 is 0 Å². The van der Waals surface area contributed by atoms with Gasteiger partial charge in [0.15, 0.2) is 5.96 Å². The molecule has 112 valence electrons. The average Bonchev–Trinajstić information content (AvgIpc) is 3.02. The van der Waals surface area contributed by atoms with Crippen molar-refractivity contribution in [1.29, 1.82) is 0 Å². The van der Waals surface area contributed by atoms with Crippen molar-refractivity contribution in [3.8, 4) is 0 Å². The third-order valence-electron chi connectivity index (χ3n) is 4.45. The topological polar surface area (TPSA) is 27.6 Å². The summed E-state index contributed by atoms with van der Waals surface area (Å²) in [6.07, 6.45) is 5.63. The molecule has 0 amide bonds. The summed E-state index contributed by atoms with van der Waals surface area (Å²) in [6.45, 7) is 6.30. The number of thiophene rings is 1. The minimum Gasteiger partial charge on any atom is -0.357 e. The molecule has 1 aromatic rings. The second-order valence-corrected chi connectivity index (χ2v) is 6.81. The quantitative estimate of drug-likeness (QED) is 0.472. The van der Waals surface area contributed by atoms with Crippen LogP contribution in [-0.2, 0) is 6.54 Å². The third kappa shape index (κ3) is 3.47. The SMILES string of the molecule is CCNC(=NCc1cccs1)N1CCC2(CCC2)C1.I. The van der Waals surface area contributed by atoms with Crippen LogP contribution in [0, 0.1) is 5.41 Å². The smallest absolute Gasteiger partial charge is 0.194 e. The predicted molar refractivity (Wildman–Crippen MR) is 97.0 cm³/mol. The molecule has 2 heterocycles. The van der Waals surface area contributed by atoms with Gasteiger partial charge in [-0.05, 0) is 43.0 Å². The van der Waals surface area contributed by atoms with Crippen LogP contribution in [0.4, 0.5) is 0 Å². The Kier molecular flexibility index (Phi) is 5.72. The van der Waals surface area contributed by atoms with E-state index < -0.39 is 0 Å². The van der Waals surface area contributed by atoms with E-state index in [0.29, 0.717) is 5.41 Å². The molecule has 1 spiro atoms. The number of rotatable bonds is 3. The van der Waals surface area contributed by atoms with E-state index in [1.165, 1.54) is 43.6 Å². The van der Waals surface area contributed by atoms with E-state index in [-0.39, 0.29) is 24.0 Å². The maximum atomic E-state index is 4.80. The van der Waals surface area contributed by atoms with Gasteiger partial charge in [0.05, 0.1) is 6.54 Å². The molecule has 5 heteroatoms. The fourth-order valence-corrected chi connectivity index (χ4v) is 3.81. The highest BCUT2D eigenvalue weighted by atomic mass is 127. The fraction of sp³-hybridized carbons (Fsp3) is 0.667. The Hall–Kier alpha value is -0.300. The monoisotopic (exact) mass is 405 g/mol. The molecule has 2 aliphatic rings. The van der Waals surface area contributed by atoms with Crippen LogP contribution in [0.5, 0.6) is 0 Å². The molecule has 0 bridgehead atoms. The Morgan fingerprint density at radius 1 is 1.45 bits per heavy atom. The van der Waals surface area contributed by atoms with E-state index >= 15 is 0 Å². The van der Waals surface area contributed by atoms with Crippen molar-refractivity contribution in [2.75, 3.05) is 19.6 Å². The summed E-state index contributed by atoms with van der Waals surface area (Å²) < 4.78 is 0. The number of aliphatic imine (C=N–C) groups is 1. The number of hydrogen-bond donors (Lipinski definition) is 1. The maximum absolute atomic E-state index is 4.80. The Balaban J connectivity index is 0.00000147. The lowest BCUT2D eigenvalue weighted by molar-refractivity contribution is 0.151. The van der Waals surface area contributed by atoms with E-state index in [1.807, 2.05) is 0 Å². The molecule has 3 rings (SSSR count). The summed E-state index contributed by atoms with van der Waals surface area (Å²) in [7, 11) is 0. The molecule has 2 fully saturated rings. The second kappa shape index (κ2) is 7.11. The number of halogens is 1. The number of guanidine groups is 1. The Labute approximate surface area is 142 Å². The highest BCUT2D eigenvalue weighted by Gasteiger charge is 2.43. The second-order valence-electron chi connectivity index (χ2n) is 5.77. The van der Waals surface area contributed by atoms with Gasteiger partial charge in [-0.15, -0.1) is 35.3 Å². The van der Waals surface area contributed by atoms with Gasteiger partial charge in [0.1, 0.15) is 0 Å². The van der Waals surface area contributed by atoms with Crippen LogP contribution in [0.15, 0.2) is 22.5 Å². The molecule has 1 aromatic heterocycles. The molecule has 1 aliphatic carbocycles. The molecule has 3 nitrogen and oxygen atoms in total. The van der Waals surface area contributed by atoms with Crippen LogP contribution < -0.4 is 5.32 Å². The van der Waals surface area contributed by atoms with Crippen LogP contribution in [0.1, 0.15) is 37.5 Å². The van der Waals surface area contributed by atoms with Gasteiger partial charge in [-0.25, -0.2) is 4.99 Å². The predicted octanol–water partition coefficient (Wildman–Crippen LogP) is 3.71. The summed E-state index contributed by atoms with van der Waals surface area (Å²) in [6, 6.07) is 4.26. The van der Waals surface area contributed by atoms with Gasteiger partial charge < -0.3 is 10.2 Å². The molecule has 0 radical (unpaired) electrons. The van der Waals surface area contributed by atoms with Gasteiger partial charge in [-0.1, -0.05) is 12.5 Å². The first-order chi connectivity index (χ1) is 9.31. The lowest BCUT2D eigenvalue weighted by Crippen LogP contribution is -2.42. The molecule has 0 aromatic carbocycles. The number of hydrogen-bond acceptors (Lipinski definition) is 2. The summed E-state index contributed by atoms with van der Waals surface area (Å²) >= 11 is 1.79. The first-order valence-electron chi connectivity index (χ1n) is 7.37. The molecule has 1 saturated heterocycles. The molecule has 0 atom stereocenters. The van der Waals surface area contributed by atoms with Gasteiger partial charge >= 0.3 is 0 Å². The molecular formula is C15H24IN3S. The Morgan fingerprint density at radius 3 is 2.85 bits per heavy atom. The Bertz CT molecular complexity index is 440. The maximum Gasteiger partial charge on any atom is 0.194 e. The minimum atomic E-state index is 0. The van der Waals surface area contributed by atoms with E-state index in [4.69, 9.17) is 4.99 Å². The zero-order chi connectivity index (χ0) is 13.1. The standard InChI is InChI=1S/C15H23N3S.HI/c1-2-16-14(17-11-13-5-3-10-19-13)18-9-8-15(12-18)6-4-7-15;/h3,5,10H,2,4,6-9,11-12H2,1H3,(H,16,17);1H. The summed E-state index contributed by atoms with van der Waals surface area (Å²) in [5.74, 6) is 1.11. The van der Waals surface area contributed by atoms with E-state index in [0.717, 1.165) is 19.0 Å². The zero-order valence-electron chi connectivity index (χ0n) is 12.1. The highest BCUT2D eigenvalue weighted by Crippen LogP contribution is 2.47. The fourth-order valence-electron chi connectivity index (χ4n) is 3.18. The minimum absolute atomic E-state index is 0. The van der Waals surface area contributed by atoms with Crippen molar-refractivity contribution in [2.45, 2.75) is 39.2 Å². The summed E-state index contributed by atoms with van der Waals surface area (Å²) in [4.78, 5) is 8.61. The number of nitrogens with zero attached hydrogens (tertiary/aromatic N) is 2. The Morgan fingerprint density at radius 2 is 2.30 bits per heavy atom. The molecule has 20 heavy (non-hydrogen) atoms. The van der Waals surface area contributed by atoms with Gasteiger partial charge in [-0.3, -0.25) is 0 Å². The van der Waals surface area contributed by atoms with Crippen LogP contribution in [0.2, 0.25) is 0 Å².